The number of rotatable bonds is 5. The van der Waals surface area contributed by atoms with Crippen LogP contribution in [-0.2, 0) is 16.6 Å². The van der Waals surface area contributed by atoms with Gasteiger partial charge in [0.05, 0.1) is 5.02 Å². The van der Waals surface area contributed by atoms with Crippen LogP contribution >= 0.6 is 27.5 Å². The molecule has 7 heteroatoms. The van der Waals surface area contributed by atoms with Crippen LogP contribution in [-0.4, -0.2) is 24.3 Å². The number of benzene rings is 1. The van der Waals surface area contributed by atoms with E-state index in [0.29, 0.717) is 6.54 Å². The van der Waals surface area contributed by atoms with E-state index in [1.807, 2.05) is 0 Å². The highest BCUT2D eigenvalue weighted by atomic mass is 79.9. The van der Waals surface area contributed by atoms with Gasteiger partial charge in [0.25, 0.3) is 0 Å². The molecule has 112 valence electrons. The number of sulfonamides is 1. The third-order valence-electron chi connectivity index (χ3n) is 2.97. The Balaban J connectivity index is 2.36. The van der Waals surface area contributed by atoms with Crippen molar-refractivity contribution in [3.05, 3.63) is 57.8 Å². The van der Waals surface area contributed by atoms with Gasteiger partial charge in [-0.25, -0.2) is 8.42 Å². The van der Waals surface area contributed by atoms with Crippen molar-refractivity contribution in [3.63, 3.8) is 0 Å². The minimum atomic E-state index is -3.64. The van der Waals surface area contributed by atoms with Crippen molar-refractivity contribution >= 4 is 37.6 Å². The van der Waals surface area contributed by atoms with Gasteiger partial charge in [0, 0.05) is 30.0 Å². The molecule has 0 aliphatic rings. The molecule has 4 nitrogen and oxygen atoms in total. The van der Waals surface area contributed by atoms with E-state index in [0.717, 1.165) is 10.0 Å². The van der Waals surface area contributed by atoms with Gasteiger partial charge in [-0.2, -0.15) is 4.31 Å². The van der Waals surface area contributed by atoms with Gasteiger partial charge in [-0.1, -0.05) is 34.5 Å². The van der Waals surface area contributed by atoms with E-state index in [1.165, 1.54) is 10.4 Å². The first-order valence-electron chi connectivity index (χ1n) is 6.29. The van der Waals surface area contributed by atoms with Crippen molar-refractivity contribution in [1.82, 2.24) is 9.29 Å². The summed E-state index contributed by atoms with van der Waals surface area (Å²) >= 11 is 9.34. The molecule has 0 N–H and O–H groups in total. The molecule has 0 fully saturated rings. The van der Waals surface area contributed by atoms with E-state index >= 15 is 0 Å². The fraction of sp³-hybridized carbons (Fsp3) is 0.214. The first kappa shape index (κ1) is 16.4. The molecule has 1 aromatic heterocycles. The number of hydrogen-bond acceptors (Lipinski definition) is 3. The van der Waals surface area contributed by atoms with Crippen molar-refractivity contribution in [2.75, 3.05) is 6.54 Å². The minimum Gasteiger partial charge on any atom is -0.265 e. The van der Waals surface area contributed by atoms with Crippen LogP contribution in [0.4, 0.5) is 0 Å². The zero-order valence-corrected chi connectivity index (χ0v) is 14.5. The molecule has 0 atom stereocenters. The molecule has 1 heterocycles. The summed E-state index contributed by atoms with van der Waals surface area (Å²) in [6, 6.07) is 8.34. The molecule has 1 aromatic carbocycles. The highest BCUT2D eigenvalue weighted by Crippen LogP contribution is 2.28. The van der Waals surface area contributed by atoms with E-state index in [-0.39, 0.29) is 16.5 Å². The Morgan fingerprint density at radius 3 is 2.48 bits per heavy atom. The average molecular weight is 390 g/mol. The molecule has 0 amide bonds. The third-order valence-corrected chi connectivity index (χ3v) is 5.87. The Morgan fingerprint density at radius 2 is 1.90 bits per heavy atom. The average Bonchev–Trinajstić information content (AvgIpc) is 2.45. The second-order valence-electron chi connectivity index (χ2n) is 4.36. The molecule has 0 unspecified atom stereocenters. The van der Waals surface area contributed by atoms with Crippen molar-refractivity contribution in [1.29, 1.82) is 0 Å². The lowest BCUT2D eigenvalue weighted by Crippen LogP contribution is -2.30. The first-order valence-corrected chi connectivity index (χ1v) is 8.90. The lowest BCUT2D eigenvalue weighted by atomic mass is 10.3. The zero-order chi connectivity index (χ0) is 15.5. The second-order valence-corrected chi connectivity index (χ2v) is 7.59. The third kappa shape index (κ3) is 3.83. The smallest absolute Gasteiger partial charge is 0.244 e. The number of aromatic nitrogens is 1. The van der Waals surface area contributed by atoms with E-state index in [9.17, 15) is 8.42 Å². The van der Waals surface area contributed by atoms with Gasteiger partial charge >= 0.3 is 0 Å². The van der Waals surface area contributed by atoms with Crippen molar-refractivity contribution < 1.29 is 8.42 Å². The van der Waals surface area contributed by atoms with Crippen LogP contribution in [0.1, 0.15) is 12.5 Å². The van der Waals surface area contributed by atoms with Gasteiger partial charge in [-0.15, -0.1) is 0 Å². The summed E-state index contributed by atoms with van der Waals surface area (Å²) in [5.74, 6) is 0. The predicted octanol–water partition coefficient (Wildman–Crippen LogP) is 3.71. The minimum absolute atomic E-state index is 0.114. The normalized spacial score (nSPS) is 11.8. The molecule has 0 spiro atoms. The zero-order valence-electron chi connectivity index (χ0n) is 11.3. The van der Waals surface area contributed by atoms with E-state index in [4.69, 9.17) is 11.6 Å². The molecule has 0 radical (unpaired) electrons. The topological polar surface area (TPSA) is 50.3 Å². The lowest BCUT2D eigenvalue weighted by molar-refractivity contribution is 0.423. The van der Waals surface area contributed by atoms with E-state index in [1.54, 1.807) is 43.6 Å². The highest BCUT2D eigenvalue weighted by Gasteiger charge is 2.25. The summed E-state index contributed by atoms with van der Waals surface area (Å²) in [5.41, 5.74) is 0.878. The molecular formula is C14H14BrClN2O2S. The number of halogens is 2. The molecule has 0 saturated carbocycles. The Labute approximate surface area is 137 Å². The lowest BCUT2D eigenvalue weighted by Gasteiger charge is -2.21. The quantitative estimate of drug-likeness (QED) is 0.783. The maximum Gasteiger partial charge on any atom is 0.244 e. The molecule has 0 aliphatic carbocycles. The van der Waals surface area contributed by atoms with E-state index in [2.05, 4.69) is 20.9 Å². The predicted molar refractivity (Wildman–Crippen MR) is 86.7 cm³/mol. The van der Waals surface area contributed by atoms with Crippen LogP contribution in [0, 0.1) is 0 Å². The standard InChI is InChI=1S/C14H14BrClN2O2S/c1-2-18(10-11-5-7-17-8-6-11)21(19,20)14-4-3-12(15)9-13(14)16/h3-9H,2,10H2,1H3. The maximum absolute atomic E-state index is 12.7. The van der Waals surface area contributed by atoms with Crippen LogP contribution in [0.15, 0.2) is 52.1 Å². The van der Waals surface area contributed by atoms with E-state index < -0.39 is 10.0 Å². The Kier molecular flexibility index (Phi) is 5.37. The van der Waals surface area contributed by atoms with Crippen LogP contribution < -0.4 is 0 Å². The van der Waals surface area contributed by atoms with Crippen LogP contribution in [0.25, 0.3) is 0 Å². The molecule has 2 rings (SSSR count). The monoisotopic (exact) mass is 388 g/mol. The number of pyridine rings is 1. The molecule has 0 bridgehead atoms. The number of hydrogen-bond donors (Lipinski definition) is 0. The Bertz CT molecular complexity index is 723. The fourth-order valence-electron chi connectivity index (χ4n) is 1.88. The van der Waals surface area contributed by atoms with Gasteiger partial charge in [-0.05, 0) is 35.9 Å². The van der Waals surface area contributed by atoms with Gasteiger partial charge in [-0.3, -0.25) is 4.98 Å². The van der Waals surface area contributed by atoms with Gasteiger partial charge in [0.2, 0.25) is 10.0 Å². The molecule has 0 saturated heterocycles. The molecule has 2 aromatic rings. The highest BCUT2D eigenvalue weighted by molar-refractivity contribution is 9.10. The maximum atomic E-state index is 12.7. The second kappa shape index (κ2) is 6.87. The summed E-state index contributed by atoms with van der Waals surface area (Å²) in [5, 5.41) is 0.206. The SMILES string of the molecule is CCN(Cc1ccncc1)S(=O)(=O)c1ccc(Br)cc1Cl. The summed E-state index contributed by atoms with van der Waals surface area (Å²) < 4.78 is 27.5. The Morgan fingerprint density at radius 1 is 1.24 bits per heavy atom. The van der Waals surface area contributed by atoms with Gasteiger partial charge in [0.15, 0.2) is 0 Å². The van der Waals surface area contributed by atoms with Crippen molar-refractivity contribution in [3.8, 4) is 0 Å². The number of nitrogens with zero attached hydrogens (tertiary/aromatic N) is 2. The molecule has 21 heavy (non-hydrogen) atoms. The first-order chi connectivity index (χ1) is 9.95. The van der Waals surface area contributed by atoms with Gasteiger partial charge in [0.1, 0.15) is 4.90 Å². The summed E-state index contributed by atoms with van der Waals surface area (Å²) in [6.07, 6.45) is 3.28. The largest absolute Gasteiger partial charge is 0.265 e. The fourth-order valence-corrected chi connectivity index (χ4v) is 4.33. The Hall–Kier alpha value is -0.950. The van der Waals surface area contributed by atoms with Crippen molar-refractivity contribution in [2.24, 2.45) is 0 Å². The molecule has 0 aliphatic heterocycles. The van der Waals surface area contributed by atoms with Gasteiger partial charge < -0.3 is 0 Å². The van der Waals surface area contributed by atoms with Crippen LogP contribution in [0.2, 0.25) is 5.02 Å². The summed E-state index contributed by atoms with van der Waals surface area (Å²) in [6.45, 7) is 2.44. The van der Waals surface area contributed by atoms with Crippen LogP contribution in [0.5, 0.6) is 0 Å². The summed E-state index contributed by atoms with van der Waals surface area (Å²) in [4.78, 5) is 4.04. The van der Waals surface area contributed by atoms with Crippen molar-refractivity contribution in [2.45, 2.75) is 18.4 Å². The molecular weight excluding hydrogens is 376 g/mol. The summed E-state index contributed by atoms with van der Waals surface area (Å²) in [7, 11) is -3.64. The van der Waals surface area contributed by atoms with Crippen LogP contribution in [0.3, 0.4) is 0 Å².